The Balaban J connectivity index is 1.37. The van der Waals surface area contributed by atoms with E-state index in [0.717, 1.165) is 67.4 Å². The minimum atomic E-state index is -3.39. The van der Waals surface area contributed by atoms with Crippen LogP contribution in [0.25, 0.3) is 10.2 Å². The van der Waals surface area contributed by atoms with Crippen molar-refractivity contribution in [2.75, 3.05) is 30.6 Å². The summed E-state index contributed by atoms with van der Waals surface area (Å²) in [7, 11) is -3.39. The number of rotatable bonds is 8. The summed E-state index contributed by atoms with van der Waals surface area (Å²) in [5.41, 5.74) is 4.14. The Bertz CT molecular complexity index is 1440. The maximum absolute atomic E-state index is 13.5. The molecule has 2 aliphatic rings. The fraction of sp³-hybridized carbons (Fsp3) is 0.517. The zero-order valence-electron chi connectivity index (χ0n) is 22.7. The van der Waals surface area contributed by atoms with E-state index < -0.39 is 10.0 Å². The van der Waals surface area contributed by atoms with Crippen molar-refractivity contribution in [3.63, 3.8) is 0 Å². The van der Waals surface area contributed by atoms with Crippen molar-refractivity contribution in [2.24, 2.45) is 11.3 Å². The molecule has 1 aliphatic heterocycles. The average Bonchev–Trinajstić information content (AvgIpc) is 3.22. The molecule has 1 aromatic carbocycles. The SMILES string of the molecule is CC(C)(C)[C@H]1CCc2nc3sc(C(=O)N[C@H](CCN4CCC4)c4cccc(NS(C)(=O)=O)c4)cc3cc2C1. The van der Waals surface area contributed by atoms with E-state index in [2.05, 4.69) is 41.8 Å². The average molecular weight is 555 g/mol. The predicted octanol–water partition coefficient (Wildman–Crippen LogP) is 5.39. The van der Waals surface area contributed by atoms with Crippen molar-refractivity contribution in [3.8, 4) is 0 Å². The third-order valence-electron chi connectivity index (χ3n) is 7.90. The van der Waals surface area contributed by atoms with Gasteiger partial charge in [-0.1, -0.05) is 32.9 Å². The zero-order valence-corrected chi connectivity index (χ0v) is 24.3. The van der Waals surface area contributed by atoms with Gasteiger partial charge >= 0.3 is 0 Å². The highest BCUT2D eigenvalue weighted by Crippen LogP contribution is 2.38. The summed E-state index contributed by atoms with van der Waals surface area (Å²) in [5.74, 6) is 0.518. The predicted molar refractivity (Wildman–Crippen MR) is 155 cm³/mol. The molecule has 0 bridgehead atoms. The topological polar surface area (TPSA) is 91.4 Å². The molecule has 1 amide bonds. The minimum Gasteiger partial charge on any atom is -0.344 e. The van der Waals surface area contributed by atoms with Crippen LogP contribution in [-0.4, -0.2) is 50.1 Å². The highest BCUT2D eigenvalue weighted by atomic mass is 32.2. The smallest absolute Gasteiger partial charge is 0.261 e. The maximum atomic E-state index is 13.5. The van der Waals surface area contributed by atoms with Gasteiger partial charge in [0.05, 0.1) is 17.2 Å². The van der Waals surface area contributed by atoms with Gasteiger partial charge in [-0.3, -0.25) is 9.52 Å². The van der Waals surface area contributed by atoms with Crippen LogP contribution >= 0.6 is 11.3 Å². The Hall–Kier alpha value is -2.49. The lowest BCUT2D eigenvalue weighted by Gasteiger charge is -2.34. The van der Waals surface area contributed by atoms with E-state index in [-0.39, 0.29) is 17.4 Å². The molecule has 0 unspecified atom stereocenters. The van der Waals surface area contributed by atoms with E-state index in [1.165, 1.54) is 29.0 Å². The van der Waals surface area contributed by atoms with Gasteiger partial charge in [-0.25, -0.2) is 13.4 Å². The molecule has 1 aliphatic carbocycles. The number of carbonyl (C=O) groups excluding carboxylic acids is 1. The number of aromatic nitrogens is 1. The molecule has 0 spiro atoms. The number of sulfonamides is 1. The Labute approximate surface area is 230 Å². The van der Waals surface area contributed by atoms with Crippen LogP contribution in [0.15, 0.2) is 36.4 Å². The Kier molecular flexibility index (Phi) is 7.55. The van der Waals surface area contributed by atoms with Crippen LogP contribution in [0.1, 0.15) is 72.6 Å². The van der Waals surface area contributed by atoms with Gasteiger partial charge in [0.2, 0.25) is 10.0 Å². The van der Waals surface area contributed by atoms with E-state index in [9.17, 15) is 13.2 Å². The van der Waals surface area contributed by atoms with Crippen LogP contribution in [0.4, 0.5) is 5.69 Å². The molecule has 2 N–H and O–H groups in total. The summed E-state index contributed by atoms with van der Waals surface area (Å²) >= 11 is 1.45. The summed E-state index contributed by atoms with van der Waals surface area (Å²) in [6.45, 7) is 9.98. The molecular formula is C29H38N4O3S2. The van der Waals surface area contributed by atoms with Gasteiger partial charge < -0.3 is 10.2 Å². The van der Waals surface area contributed by atoms with Gasteiger partial charge in [0, 0.05) is 23.3 Å². The Morgan fingerprint density at radius 3 is 2.68 bits per heavy atom. The Morgan fingerprint density at radius 1 is 1.21 bits per heavy atom. The quantitative estimate of drug-likeness (QED) is 0.390. The molecule has 0 radical (unpaired) electrons. The van der Waals surface area contributed by atoms with Crippen LogP contribution in [0.2, 0.25) is 0 Å². The number of anilines is 1. The first-order chi connectivity index (χ1) is 17.9. The van der Waals surface area contributed by atoms with Crippen molar-refractivity contribution in [1.82, 2.24) is 15.2 Å². The first-order valence-electron chi connectivity index (χ1n) is 13.5. The number of amides is 1. The number of carbonyl (C=O) groups is 1. The first kappa shape index (κ1) is 27.1. The molecule has 7 nitrogen and oxygen atoms in total. The van der Waals surface area contributed by atoms with Gasteiger partial charge in [0.25, 0.3) is 5.91 Å². The number of hydrogen-bond donors (Lipinski definition) is 2. The van der Waals surface area contributed by atoms with Crippen LogP contribution in [0.3, 0.4) is 0 Å². The lowest BCUT2D eigenvalue weighted by molar-refractivity contribution is 0.0930. The number of benzene rings is 1. The van der Waals surface area contributed by atoms with Crippen molar-refractivity contribution in [1.29, 1.82) is 0 Å². The molecule has 2 aromatic heterocycles. The first-order valence-corrected chi connectivity index (χ1v) is 16.2. The van der Waals surface area contributed by atoms with Crippen LogP contribution in [-0.2, 0) is 22.9 Å². The largest absolute Gasteiger partial charge is 0.344 e. The second kappa shape index (κ2) is 10.6. The van der Waals surface area contributed by atoms with Crippen molar-refractivity contribution in [3.05, 3.63) is 58.1 Å². The van der Waals surface area contributed by atoms with E-state index in [4.69, 9.17) is 4.98 Å². The molecule has 9 heteroatoms. The number of thiophene rings is 1. The van der Waals surface area contributed by atoms with E-state index in [1.807, 2.05) is 24.3 Å². The monoisotopic (exact) mass is 554 g/mol. The number of fused-ring (bicyclic) bond motifs is 2. The highest BCUT2D eigenvalue weighted by Gasteiger charge is 2.30. The lowest BCUT2D eigenvalue weighted by atomic mass is 9.71. The summed E-state index contributed by atoms with van der Waals surface area (Å²) in [6, 6.07) is 11.3. The molecule has 204 valence electrons. The summed E-state index contributed by atoms with van der Waals surface area (Å²) in [4.78, 5) is 22.4. The number of pyridine rings is 1. The van der Waals surface area contributed by atoms with Gasteiger partial charge in [0.15, 0.2) is 0 Å². The molecule has 3 heterocycles. The molecule has 1 fully saturated rings. The molecule has 5 rings (SSSR count). The Morgan fingerprint density at radius 2 is 2.00 bits per heavy atom. The third-order valence-corrected chi connectivity index (χ3v) is 9.55. The lowest BCUT2D eigenvalue weighted by Crippen LogP contribution is -2.39. The van der Waals surface area contributed by atoms with E-state index in [0.29, 0.717) is 16.5 Å². The van der Waals surface area contributed by atoms with Crippen molar-refractivity contribution in [2.45, 2.75) is 58.9 Å². The number of hydrogen-bond acceptors (Lipinski definition) is 6. The second-order valence-electron chi connectivity index (χ2n) is 11.9. The van der Waals surface area contributed by atoms with E-state index in [1.54, 1.807) is 6.07 Å². The number of aryl methyl sites for hydroxylation is 1. The number of nitrogens with one attached hydrogen (secondary N) is 2. The summed E-state index contributed by atoms with van der Waals surface area (Å²) in [6.07, 6.45) is 6.28. The highest BCUT2D eigenvalue weighted by molar-refractivity contribution is 7.92. The number of nitrogens with zero attached hydrogens (tertiary/aromatic N) is 2. The minimum absolute atomic E-state index is 0.117. The molecule has 2 atom stereocenters. The normalized spacial score (nSPS) is 19.0. The summed E-state index contributed by atoms with van der Waals surface area (Å²) in [5, 5.41) is 4.27. The third kappa shape index (κ3) is 6.38. The van der Waals surface area contributed by atoms with Crippen molar-refractivity contribution >= 4 is 43.2 Å². The van der Waals surface area contributed by atoms with Gasteiger partial charge in [-0.05, 0) is 91.9 Å². The molecule has 1 saturated heterocycles. The molecule has 38 heavy (non-hydrogen) atoms. The standard InChI is InChI=1S/C29H38N4O3S2/c1-29(2,3)22-9-10-24-20(16-22)15-21-18-26(37-28(21)31-24)27(34)30-25(11-14-33-12-6-13-33)19-7-5-8-23(17-19)32-38(4,35)36/h5,7-8,15,17-18,22,25,32H,6,9-14,16H2,1-4H3,(H,30,34)/t22-,25+/m0/s1. The van der Waals surface area contributed by atoms with Gasteiger partial charge in [-0.15, -0.1) is 11.3 Å². The van der Waals surface area contributed by atoms with Gasteiger partial charge in [0.1, 0.15) is 4.83 Å². The zero-order chi connectivity index (χ0) is 27.1. The van der Waals surface area contributed by atoms with Crippen LogP contribution < -0.4 is 10.0 Å². The number of likely N-dealkylation sites (tertiary alicyclic amines) is 1. The summed E-state index contributed by atoms with van der Waals surface area (Å²) < 4.78 is 26.1. The fourth-order valence-corrected chi connectivity index (χ4v) is 6.97. The van der Waals surface area contributed by atoms with Crippen LogP contribution in [0.5, 0.6) is 0 Å². The molecular weight excluding hydrogens is 516 g/mol. The second-order valence-corrected chi connectivity index (χ2v) is 14.7. The van der Waals surface area contributed by atoms with E-state index >= 15 is 0 Å². The van der Waals surface area contributed by atoms with Crippen LogP contribution in [0, 0.1) is 11.3 Å². The molecule has 3 aromatic rings. The molecule has 0 saturated carbocycles. The fourth-order valence-electron chi connectivity index (χ4n) is 5.48. The van der Waals surface area contributed by atoms with Gasteiger partial charge in [-0.2, -0.15) is 0 Å². The maximum Gasteiger partial charge on any atom is 0.261 e. The van der Waals surface area contributed by atoms with Crippen molar-refractivity contribution < 1.29 is 13.2 Å².